The van der Waals surface area contributed by atoms with Gasteiger partial charge in [0, 0.05) is 0 Å². The number of rotatable bonds is 2. The number of hydrogen-bond donors (Lipinski definition) is 2. The first-order valence-corrected chi connectivity index (χ1v) is 6.82. The smallest absolute Gasteiger partial charge is 0.344 e. The maximum Gasteiger partial charge on any atom is 0.344 e. The number of carbonyl (C=O) groups is 1. The first-order valence-electron chi connectivity index (χ1n) is 6.82. The van der Waals surface area contributed by atoms with Crippen LogP contribution in [0.3, 0.4) is 0 Å². The van der Waals surface area contributed by atoms with Crippen LogP contribution in [-0.4, -0.2) is 64.6 Å². The SMILES string of the molecule is CC1(C)OC[C@@H]2O[C@@]3(CO)OC(C)(C)O[C@@]3(C(=O)O)[C@@H]2O1. The van der Waals surface area contributed by atoms with Crippen molar-refractivity contribution in [2.24, 2.45) is 0 Å². The zero-order valence-corrected chi connectivity index (χ0v) is 12.4. The normalized spacial score (nSPS) is 46.9. The van der Waals surface area contributed by atoms with Crippen LogP contribution in [-0.2, 0) is 28.5 Å². The molecule has 3 aliphatic rings. The molecule has 0 aromatic carbocycles. The molecule has 0 aliphatic carbocycles. The van der Waals surface area contributed by atoms with Crippen molar-refractivity contribution in [3.8, 4) is 0 Å². The molecule has 3 saturated heterocycles. The van der Waals surface area contributed by atoms with Crippen LogP contribution in [0.5, 0.6) is 0 Å². The zero-order valence-electron chi connectivity index (χ0n) is 12.4. The average Bonchev–Trinajstić information content (AvgIpc) is 2.73. The standard InChI is InChI=1S/C13H20O8/c1-10(2)17-5-7-8(19-10)13(9(15)16)12(6-14,18-7)20-11(3,4)21-13/h7-8,14H,5-6H2,1-4H3,(H,15,16)/t7-,8+,12-,13+/m0/s1. The Bertz CT molecular complexity index is 475. The lowest BCUT2D eigenvalue weighted by Gasteiger charge is -2.41. The molecule has 0 saturated carbocycles. The van der Waals surface area contributed by atoms with E-state index in [-0.39, 0.29) is 6.61 Å². The molecule has 0 bridgehead atoms. The van der Waals surface area contributed by atoms with Gasteiger partial charge in [-0.15, -0.1) is 0 Å². The molecular formula is C13H20O8. The van der Waals surface area contributed by atoms with Crippen molar-refractivity contribution in [3.05, 3.63) is 0 Å². The number of aliphatic hydroxyl groups excluding tert-OH is 1. The van der Waals surface area contributed by atoms with E-state index < -0.39 is 47.7 Å². The molecule has 8 nitrogen and oxygen atoms in total. The minimum absolute atomic E-state index is 0.127. The van der Waals surface area contributed by atoms with Crippen LogP contribution in [0.1, 0.15) is 27.7 Å². The van der Waals surface area contributed by atoms with E-state index in [9.17, 15) is 15.0 Å². The molecule has 0 radical (unpaired) electrons. The van der Waals surface area contributed by atoms with Crippen LogP contribution in [0.15, 0.2) is 0 Å². The molecule has 3 aliphatic heterocycles. The van der Waals surface area contributed by atoms with Crippen molar-refractivity contribution in [1.29, 1.82) is 0 Å². The summed E-state index contributed by atoms with van der Waals surface area (Å²) in [6.45, 7) is 5.95. The van der Waals surface area contributed by atoms with Crippen molar-refractivity contribution >= 4 is 5.97 Å². The van der Waals surface area contributed by atoms with Gasteiger partial charge in [0.1, 0.15) is 18.8 Å². The summed E-state index contributed by atoms with van der Waals surface area (Å²) in [5.41, 5.74) is -1.95. The van der Waals surface area contributed by atoms with Crippen molar-refractivity contribution < 1.29 is 38.7 Å². The van der Waals surface area contributed by atoms with Gasteiger partial charge in [-0.1, -0.05) is 0 Å². The van der Waals surface area contributed by atoms with E-state index in [1.54, 1.807) is 27.7 Å². The highest BCUT2D eigenvalue weighted by Gasteiger charge is 2.80. The van der Waals surface area contributed by atoms with E-state index in [1.165, 1.54) is 0 Å². The Hall–Kier alpha value is -0.770. The summed E-state index contributed by atoms with van der Waals surface area (Å²) in [5.74, 6) is -5.32. The van der Waals surface area contributed by atoms with Crippen LogP contribution in [0.25, 0.3) is 0 Å². The highest BCUT2D eigenvalue weighted by Crippen LogP contribution is 2.55. The largest absolute Gasteiger partial charge is 0.479 e. The van der Waals surface area contributed by atoms with Gasteiger partial charge in [-0.3, -0.25) is 0 Å². The average molecular weight is 304 g/mol. The van der Waals surface area contributed by atoms with Crippen LogP contribution < -0.4 is 0 Å². The van der Waals surface area contributed by atoms with Crippen LogP contribution in [0.4, 0.5) is 0 Å². The summed E-state index contributed by atoms with van der Waals surface area (Å²) in [6, 6.07) is 0. The Kier molecular flexibility index (Phi) is 2.99. The fraction of sp³-hybridized carbons (Fsp3) is 0.923. The molecular weight excluding hydrogens is 284 g/mol. The van der Waals surface area contributed by atoms with Crippen molar-refractivity contribution in [2.75, 3.05) is 13.2 Å². The molecule has 0 amide bonds. The molecule has 21 heavy (non-hydrogen) atoms. The van der Waals surface area contributed by atoms with Gasteiger partial charge in [0.25, 0.3) is 5.60 Å². The van der Waals surface area contributed by atoms with E-state index in [4.69, 9.17) is 23.7 Å². The van der Waals surface area contributed by atoms with Gasteiger partial charge < -0.3 is 33.9 Å². The Morgan fingerprint density at radius 1 is 1.14 bits per heavy atom. The lowest BCUT2D eigenvalue weighted by Crippen LogP contribution is -2.64. The van der Waals surface area contributed by atoms with Gasteiger partial charge in [0.2, 0.25) is 5.79 Å². The number of aliphatic carboxylic acids is 1. The first kappa shape index (κ1) is 15.1. The van der Waals surface area contributed by atoms with E-state index >= 15 is 0 Å². The topological polar surface area (TPSA) is 104 Å². The number of aliphatic hydroxyl groups is 1. The highest BCUT2D eigenvalue weighted by atomic mass is 16.9. The fourth-order valence-corrected chi connectivity index (χ4v) is 3.33. The lowest BCUT2D eigenvalue weighted by molar-refractivity contribution is -0.333. The second kappa shape index (κ2) is 4.15. The third-order valence-electron chi connectivity index (χ3n) is 4.00. The van der Waals surface area contributed by atoms with Crippen molar-refractivity contribution in [2.45, 2.75) is 62.9 Å². The molecule has 0 spiro atoms. The molecule has 3 rings (SSSR count). The monoisotopic (exact) mass is 304 g/mol. The van der Waals surface area contributed by atoms with Crippen LogP contribution in [0.2, 0.25) is 0 Å². The van der Waals surface area contributed by atoms with Crippen LogP contribution in [0, 0.1) is 0 Å². The van der Waals surface area contributed by atoms with E-state index in [2.05, 4.69) is 0 Å². The minimum atomic E-state index is -1.95. The summed E-state index contributed by atoms with van der Waals surface area (Å²) < 4.78 is 28.2. The second-order valence-corrected chi connectivity index (χ2v) is 6.46. The number of fused-ring (bicyclic) bond motifs is 3. The maximum absolute atomic E-state index is 12.0. The molecule has 0 aromatic heterocycles. The second-order valence-electron chi connectivity index (χ2n) is 6.46. The van der Waals surface area contributed by atoms with Gasteiger partial charge in [0.15, 0.2) is 11.6 Å². The molecule has 8 heteroatoms. The molecule has 3 heterocycles. The number of carboxylic acid groups (broad SMARTS) is 1. The number of ether oxygens (including phenoxy) is 5. The van der Waals surface area contributed by atoms with E-state index in [1.807, 2.05) is 0 Å². The van der Waals surface area contributed by atoms with Crippen molar-refractivity contribution in [1.82, 2.24) is 0 Å². The maximum atomic E-state index is 12.0. The predicted molar refractivity (Wildman–Crippen MR) is 66.2 cm³/mol. The third kappa shape index (κ3) is 1.87. The molecule has 0 aromatic rings. The summed E-state index contributed by atoms with van der Waals surface area (Å²) in [7, 11) is 0. The number of hydrogen-bond acceptors (Lipinski definition) is 7. The summed E-state index contributed by atoms with van der Waals surface area (Å²) in [4.78, 5) is 12.0. The lowest BCUT2D eigenvalue weighted by atomic mass is 9.87. The highest BCUT2D eigenvalue weighted by molar-refractivity contribution is 5.81. The quantitative estimate of drug-likeness (QED) is 0.725. The molecule has 4 atom stereocenters. The Labute approximate surface area is 121 Å². The van der Waals surface area contributed by atoms with Crippen molar-refractivity contribution in [3.63, 3.8) is 0 Å². The fourth-order valence-electron chi connectivity index (χ4n) is 3.33. The van der Waals surface area contributed by atoms with Crippen LogP contribution >= 0.6 is 0 Å². The zero-order chi connectivity index (χ0) is 15.7. The Morgan fingerprint density at radius 2 is 1.81 bits per heavy atom. The van der Waals surface area contributed by atoms with E-state index in [0.29, 0.717) is 0 Å². The Balaban J connectivity index is 2.10. The van der Waals surface area contributed by atoms with Gasteiger partial charge >= 0.3 is 5.97 Å². The van der Waals surface area contributed by atoms with Gasteiger partial charge in [-0.25, -0.2) is 4.79 Å². The Morgan fingerprint density at radius 3 is 2.38 bits per heavy atom. The predicted octanol–water partition coefficient (Wildman–Crippen LogP) is -0.168. The van der Waals surface area contributed by atoms with E-state index in [0.717, 1.165) is 0 Å². The first-order chi connectivity index (χ1) is 9.58. The van der Waals surface area contributed by atoms with Gasteiger partial charge in [-0.2, -0.15) is 0 Å². The minimum Gasteiger partial charge on any atom is -0.479 e. The molecule has 120 valence electrons. The summed E-state index contributed by atoms with van der Waals surface area (Å²) >= 11 is 0. The third-order valence-corrected chi connectivity index (χ3v) is 4.00. The summed E-state index contributed by atoms with van der Waals surface area (Å²) in [5, 5.41) is 19.6. The number of carboxylic acids is 1. The summed E-state index contributed by atoms with van der Waals surface area (Å²) in [6.07, 6.45) is -1.65. The van der Waals surface area contributed by atoms with Gasteiger partial charge in [-0.05, 0) is 27.7 Å². The molecule has 0 unspecified atom stereocenters. The molecule has 2 N–H and O–H groups in total. The molecule has 3 fully saturated rings. The van der Waals surface area contributed by atoms with Gasteiger partial charge in [0.05, 0.1) is 6.61 Å².